The first-order valence-corrected chi connectivity index (χ1v) is 9.48. The topological polar surface area (TPSA) is 43.4 Å². The predicted octanol–water partition coefficient (Wildman–Crippen LogP) is 3.40. The molecule has 3 fully saturated rings. The van der Waals surface area contributed by atoms with E-state index in [0.717, 1.165) is 37.7 Å². The zero-order valence-corrected chi connectivity index (χ0v) is 14.8. The van der Waals surface area contributed by atoms with Gasteiger partial charge >= 0.3 is 0 Å². The highest BCUT2D eigenvalue weighted by atomic mass is 16.5. The molecule has 1 aromatic rings. The first-order chi connectivity index (χ1) is 11.6. The largest absolute Gasteiger partial charge is 0.373 e. The fraction of sp³-hybridized carbons (Fsp3) is 0.619. The van der Waals surface area contributed by atoms with Crippen LogP contribution in [0.25, 0.3) is 0 Å². The van der Waals surface area contributed by atoms with Gasteiger partial charge in [0.1, 0.15) is 5.92 Å². The summed E-state index contributed by atoms with van der Waals surface area (Å²) in [5, 5.41) is 0. The van der Waals surface area contributed by atoms with Gasteiger partial charge in [-0.25, -0.2) is 0 Å². The molecule has 1 aliphatic carbocycles. The molecule has 1 unspecified atom stereocenters. The molecule has 2 saturated heterocycles. The highest BCUT2D eigenvalue weighted by molar-refractivity contribution is 6.17. The first-order valence-electron chi connectivity index (χ1n) is 9.48. The second kappa shape index (κ2) is 5.80. The van der Waals surface area contributed by atoms with Gasteiger partial charge < -0.3 is 4.74 Å². The van der Waals surface area contributed by atoms with Gasteiger partial charge in [0.25, 0.3) is 0 Å². The normalized spacial score (nSPS) is 34.2. The van der Waals surface area contributed by atoms with Crippen LogP contribution in [0.3, 0.4) is 0 Å². The minimum Gasteiger partial charge on any atom is -0.373 e. The Kier molecular flexibility index (Phi) is 3.87. The molecule has 0 amide bonds. The maximum Gasteiger partial charge on any atom is 0.154 e. The molecule has 128 valence electrons. The molecule has 0 spiro atoms. The summed E-state index contributed by atoms with van der Waals surface area (Å²) in [6, 6.07) is 4.41. The van der Waals surface area contributed by atoms with E-state index in [1.165, 1.54) is 16.7 Å². The Balaban J connectivity index is 1.82. The second-order valence-electron chi connectivity index (χ2n) is 7.47. The van der Waals surface area contributed by atoms with Crippen LogP contribution in [-0.2, 0) is 33.6 Å². The van der Waals surface area contributed by atoms with E-state index >= 15 is 0 Å². The minimum atomic E-state index is -0.539. The van der Waals surface area contributed by atoms with E-state index in [-0.39, 0.29) is 35.6 Å². The van der Waals surface area contributed by atoms with Crippen LogP contribution in [0.4, 0.5) is 0 Å². The summed E-state index contributed by atoms with van der Waals surface area (Å²) in [7, 11) is 0. The fourth-order valence-corrected chi connectivity index (χ4v) is 5.22. The van der Waals surface area contributed by atoms with E-state index < -0.39 is 5.92 Å². The lowest BCUT2D eigenvalue weighted by molar-refractivity contribution is -0.127. The van der Waals surface area contributed by atoms with E-state index in [2.05, 4.69) is 32.9 Å². The fourth-order valence-electron chi connectivity index (χ4n) is 5.22. The number of aryl methyl sites for hydroxylation is 3. The Morgan fingerprint density at radius 3 is 1.79 bits per heavy atom. The second-order valence-corrected chi connectivity index (χ2v) is 7.47. The molecule has 3 heteroatoms. The van der Waals surface area contributed by atoms with Crippen LogP contribution >= 0.6 is 0 Å². The monoisotopic (exact) mass is 326 g/mol. The quantitative estimate of drug-likeness (QED) is 0.797. The summed E-state index contributed by atoms with van der Waals surface area (Å²) >= 11 is 0. The number of fused-ring (bicyclic) bond motifs is 5. The van der Waals surface area contributed by atoms with Gasteiger partial charge in [0, 0.05) is 0 Å². The van der Waals surface area contributed by atoms with Crippen LogP contribution in [0.1, 0.15) is 61.8 Å². The number of hydrogen-bond donors (Lipinski definition) is 0. The third-order valence-corrected chi connectivity index (χ3v) is 6.37. The van der Waals surface area contributed by atoms with Gasteiger partial charge in [-0.05, 0) is 54.4 Å². The lowest BCUT2D eigenvalue weighted by atomic mass is 9.81. The number of rotatable bonds is 4. The van der Waals surface area contributed by atoms with Crippen molar-refractivity contribution < 1.29 is 14.3 Å². The molecule has 3 aliphatic rings. The van der Waals surface area contributed by atoms with Gasteiger partial charge in [0.15, 0.2) is 11.6 Å². The van der Waals surface area contributed by atoms with Gasteiger partial charge in [-0.15, -0.1) is 0 Å². The average Bonchev–Trinajstić information content (AvgIpc) is 3.28. The molecule has 2 bridgehead atoms. The standard InChI is InChI=1S/C21H26O3/c1-4-11-9-12(5-2)16(13(6-3)10-11)19-20(22)17-14-7-8-15(24-14)18(17)21(19)23/h9-10,14-15,17-19H,4-8H2,1-3H3/t14-,15+,17-,18+,19?. The number of hydrogen-bond acceptors (Lipinski definition) is 3. The molecular weight excluding hydrogens is 300 g/mol. The van der Waals surface area contributed by atoms with Crippen molar-refractivity contribution in [2.24, 2.45) is 11.8 Å². The minimum absolute atomic E-state index is 0.00785. The Morgan fingerprint density at radius 2 is 1.38 bits per heavy atom. The van der Waals surface area contributed by atoms with Crippen LogP contribution in [0.5, 0.6) is 0 Å². The molecule has 2 heterocycles. The molecule has 0 N–H and O–H groups in total. The smallest absolute Gasteiger partial charge is 0.154 e. The lowest BCUT2D eigenvalue weighted by Crippen LogP contribution is -2.29. The Bertz CT molecular complexity index is 652. The highest BCUT2D eigenvalue weighted by Gasteiger charge is 2.63. The van der Waals surface area contributed by atoms with Gasteiger partial charge in [-0.1, -0.05) is 32.9 Å². The molecule has 24 heavy (non-hydrogen) atoms. The van der Waals surface area contributed by atoms with E-state index in [4.69, 9.17) is 4.74 Å². The van der Waals surface area contributed by atoms with Gasteiger partial charge in [0.2, 0.25) is 0 Å². The number of carbonyl (C=O) groups is 2. The zero-order chi connectivity index (χ0) is 17.0. The summed E-state index contributed by atoms with van der Waals surface area (Å²) in [6.07, 6.45) is 4.58. The number of Topliss-reactive ketones (excluding diaryl/α,β-unsaturated/α-hetero) is 2. The van der Waals surface area contributed by atoms with Crippen LogP contribution in [0.15, 0.2) is 12.1 Å². The predicted molar refractivity (Wildman–Crippen MR) is 92.2 cm³/mol. The van der Waals surface area contributed by atoms with E-state index in [9.17, 15) is 9.59 Å². The number of carbonyl (C=O) groups excluding carboxylic acids is 2. The molecule has 1 saturated carbocycles. The van der Waals surface area contributed by atoms with Gasteiger partial charge in [-0.3, -0.25) is 9.59 Å². The van der Waals surface area contributed by atoms with Crippen molar-refractivity contribution in [1.29, 1.82) is 0 Å². The van der Waals surface area contributed by atoms with Crippen molar-refractivity contribution in [1.82, 2.24) is 0 Å². The lowest BCUT2D eigenvalue weighted by Gasteiger charge is -2.20. The summed E-state index contributed by atoms with van der Waals surface area (Å²) in [4.78, 5) is 26.4. The number of benzene rings is 1. The molecule has 0 aromatic heterocycles. The molecule has 1 aromatic carbocycles. The third kappa shape index (κ3) is 2.07. The van der Waals surface area contributed by atoms with Crippen molar-refractivity contribution in [3.05, 3.63) is 34.4 Å². The molecule has 4 rings (SSSR count). The van der Waals surface area contributed by atoms with Crippen molar-refractivity contribution in [3.8, 4) is 0 Å². The van der Waals surface area contributed by atoms with Gasteiger partial charge in [-0.2, -0.15) is 0 Å². The Labute approximate surface area is 143 Å². The Morgan fingerprint density at radius 1 is 0.875 bits per heavy atom. The SMILES string of the molecule is CCc1cc(CC)c(C2C(=O)[C@@H]3[C@H](C2=O)[C@H]2CC[C@@H]3O2)c(CC)c1. The Hall–Kier alpha value is -1.48. The number of ketones is 2. The molecular formula is C21H26O3. The van der Waals surface area contributed by atoms with Crippen molar-refractivity contribution >= 4 is 11.6 Å². The number of ether oxygens (including phenoxy) is 1. The molecule has 5 atom stereocenters. The van der Waals surface area contributed by atoms with Gasteiger partial charge in [0.05, 0.1) is 24.0 Å². The highest BCUT2D eigenvalue weighted by Crippen LogP contribution is 2.53. The van der Waals surface area contributed by atoms with E-state index in [1.54, 1.807) is 0 Å². The zero-order valence-electron chi connectivity index (χ0n) is 14.8. The summed E-state index contributed by atoms with van der Waals surface area (Å²) in [6.45, 7) is 6.39. The van der Waals surface area contributed by atoms with E-state index in [1.807, 2.05) is 0 Å². The van der Waals surface area contributed by atoms with E-state index in [0.29, 0.717) is 0 Å². The van der Waals surface area contributed by atoms with Crippen LogP contribution in [-0.4, -0.2) is 23.8 Å². The summed E-state index contributed by atoms with van der Waals surface area (Å²) in [5.41, 5.74) is 4.70. The van der Waals surface area contributed by atoms with Crippen LogP contribution in [0, 0.1) is 11.8 Å². The van der Waals surface area contributed by atoms with Crippen molar-refractivity contribution in [2.45, 2.75) is 71.0 Å². The maximum atomic E-state index is 13.2. The third-order valence-electron chi connectivity index (χ3n) is 6.37. The average molecular weight is 326 g/mol. The first kappa shape index (κ1) is 16.0. The maximum absolute atomic E-state index is 13.2. The molecule has 3 nitrogen and oxygen atoms in total. The summed E-state index contributed by atoms with van der Waals surface area (Å²) < 4.78 is 5.87. The molecule has 0 radical (unpaired) electrons. The van der Waals surface area contributed by atoms with Crippen molar-refractivity contribution in [2.75, 3.05) is 0 Å². The van der Waals surface area contributed by atoms with Crippen LogP contribution < -0.4 is 0 Å². The molecule has 2 aliphatic heterocycles. The van der Waals surface area contributed by atoms with Crippen molar-refractivity contribution in [3.63, 3.8) is 0 Å². The summed E-state index contributed by atoms with van der Waals surface area (Å²) in [5.74, 6) is -0.637. The van der Waals surface area contributed by atoms with Crippen LogP contribution in [0.2, 0.25) is 0 Å².